The Hall–Kier alpha value is -3.30. The molecule has 7 nitrogen and oxygen atoms in total. The number of hydrogen-bond donors (Lipinski definition) is 3. The molecule has 0 aliphatic rings. The minimum absolute atomic E-state index is 0.00449. The van der Waals surface area contributed by atoms with E-state index in [1.54, 1.807) is 18.7 Å². The molecule has 202 valence electrons. The maximum absolute atomic E-state index is 13.2. The lowest BCUT2D eigenvalue weighted by atomic mass is 10.0. The Morgan fingerprint density at radius 3 is 2.05 bits per heavy atom. The van der Waals surface area contributed by atoms with Gasteiger partial charge in [0.2, 0.25) is 9.70 Å². The van der Waals surface area contributed by atoms with E-state index in [1.165, 1.54) is 4.68 Å². The first-order valence-corrected chi connectivity index (χ1v) is 13.5. The van der Waals surface area contributed by atoms with Crippen molar-refractivity contribution in [3.63, 3.8) is 0 Å². The van der Waals surface area contributed by atoms with Crippen molar-refractivity contribution in [3.05, 3.63) is 107 Å². The van der Waals surface area contributed by atoms with Crippen LogP contribution in [0.1, 0.15) is 11.3 Å². The number of aromatic nitrogens is 2. The number of halogens is 3. The second-order valence-corrected chi connectivity index (χ2v) is 11.6. The Labute approximate surface area is 246 Å². The van der Waals surface area contributed by atoms with Gasteiger partial charge in [-0.1, -0.05) is 108 Å². The molecule has 0 saturated carbocycles. The number of para-hydroxylation sites is 1. The van der Waals surface area contributed by atoms with Crippen LogP contribution < -0.4 is 21.5 Å². The fraction of sp³-hybridized carbons (Fsp3) is 0.179. The van der Waals surface area contributed by atoms with Crippen molar-refractivity contribution in [3.8, 4) is 16.8 Å². The van der Waals surface area contributed by atoms with E-state index in [0.717, 1.165) is 16.7 Å². The van der Waals surface area contributed by atoms with Crippen LogP contribution in [0.3, 0.4) is 0 Å². The van der Waals surface area contributed by atoms with Crippen molar-refractivity contribution >= 4 is 63.7 Å². The smallest absolute Gasteiger partial charge is 0.295 e. The molecule has 1 aromatic heterocycles. The van der Waals surface area contributed by atoms with Crippen molar-refractivity contribution in [2.75, 3.05) is 5.32 Å². The number of carbonyl (C=O) groups is 1. The summed E-state index contributed by atoms with van der Waals surface area (Å²) in [5.41, 5.74) is 4.20. The van der Waals surface area contributed by atoms with Gasteiger partial charge in [-0.25, -0.2) is 4.68 Å². The third-order valence-electron chi connectivity index (χ3n) is 6.13. The van der Waals surface area contributed by atoms with Crippen molar-refractivity contribution in [1.82, 2.24) is 20.0 Å². The molecule has 0 saturated heterocycles. The van der Waals surface area contributed by atoms with Gasteiger partial charge in [-0.3, -0.25) is 14.3 Å². The van der Waals surface area contributed by atoms with E-state index in [-0.39, 0.29) is 28.7 Å². The normalized spacial score (nSPS) is 12.0. The fourth-order valence-corrected chi connectivity index (χ4v) is 4.58. The number of rotatable bonds is 7. The first kappa shape index (κ1) is 28.7. The van der Waals surface area contributed by atoms with Gasteiger partial charge < -0.3 is 16.0 Å². The van der Waals surface area contributed by atoms with E-state index in [9.17, 15) is 9.59 Å². The highest BCUT2D eigenvalue weighted by molar-refractivity contribution is 7.80. The van der Waals surface area contributed by atoms with Gasteiger partial charge in [0.25, 0.3) is 5.56 Å². The lowest BCUT2D eigenvalue weighted by molar-refractivity contribution is -0.121. The van der Waals surface area contributed by atoms with Crippen molar-refractivity contribution in [1.29, 1.82) is 0 Å². The molecule has 3 aromatic carbocycles. The third-order valence-corrected chi connectivity index (χ3v) is 7.00. The zero-order valence-corrected chi connectivity index (χ0v) is 24.2. The van der Waals surface area contributed by atoms with E-state index in [0.29, 0.717) is 11.4 Å². The topological polar surface area (TPSA) is 80.1 Å². The Morgan fingerprint density at radius 2 is 1.46 bits per heavy atom. The quantitative estimate of drug-likeness (QED) is 0.148. The number of nitrogens with one attached hydrogen (secondary N) is 3. The summed E-state index contributed by atoms with van der Waals surface area (Å²) in [5.74, 6) is -0.378. The van der Waals surface area contributed by atoms with Gasteiger partial charge in [-0.2, -0.15) is 0 Å². The molecule has 0 bridgehead atoms. The molecule has 0 aliphatic carbocycles. The highest BCUT2D eigenvalue weighted by atomic mass is 35.6. The van der Waals surface area contributed by atoms with Crippen molar-refractivity contribution in [2.24, 2.45) is 7.05 Å². The number of thiocarbonyl (C=S) groups is 1. The first-order chi connectivity index (χ1) is 18.5. The average molecular weight is 603 g/mol. The van der Waals surface area contributed by atoms with Gasteiger partial charge in [0, 0.05) is 7.05 Å². The predicted molar refractivity (Wildman–Crippen MR) is 163 cm³/mol. The number of anilines is 1. The molecule has 11 heteroatoms. The highest BCUT2D eigenvalue weighted by Crippen LogP contribution is 2.29. The summed E-state index contributed by atoms with van der Waals surface area (Å²) >= 11 is 23.9. The number of carbonyl (C=O) groups excluding carboxylic acids is 1. The molecule has 1 heterocycles. The molecule has 0 spiro atoms. The fourth-order valence-electron chi connectivity index (χ4n) is 4.04. The molecule has 4 rings (SSSR count). The molecule has 0 aliphatic heterocycles. The van der Waals surface area contributed by atoms with Crippen molar-refractivity contribution < 1.29 is 4.79 Å². The Bertz CT molecular complexity index is 1520. The van der Waals surface area contributed by atoms with Crippen molar-refractivity contribution in [2.45, 2.75) is 23.3 Å². The van der Waals surface area contributed by atoms with E-state index in [2.05, 4.69) is 16.0 Å². The van der Waals surface area contributed by atoms with Crippen LogP contribution in [0, 0.1) is 6.92 Å². The maximum Gasteiger partial charge on any atom is 0.295 e. The van der Waals surface area contributed by atoms with Crippen LogP contribution in [0.4, 0.5) is 5.69 Å². The van der Waals surface area contributed by atoms with Crippen LogP contribution in [0.15, 0.2) is 89.7 Å². The summed E-state index contributed by atoms with van der Waals surface area (Å²) in [6.07, 6.45) is -1.10. The number of benzene rings is 3. The van der Waals surface area contributed by atoms with Crippen LogP contribution >= 0.6 is 47.0 Å². The molecule has 1 amide bonds. The monoisotopic (exact) mass is 601 g/mol. The Kier molecular flexibility index (Phi) is 9.02. The predicted octanol–water partition coefficient (Wildman–Crippen LogP) is 5.49. The minimum atomic E-state index is -1.94. The summed E-state index contributed by atoms with van der Waals surface area (Å²) in [6.45, 7) is 1.78. The first-order valence-electron chi connectivity index (χ1n) is 12.0. The molecule has 39 heavy (non-hydrogen) atoms. The Balaban J connectivity index is 1.43. The number of amides is 1. The van der Waals surface area contributed by atoms with Crippen LogP contribution in [0.2, 0.25) is 0 Å². The second kappa shape index (κ2) is 12.3. The van der Waals surface area contributed by atoms with Gasteiger partial charge in [0.15, 0.2) is 5.11 Å². The molecule has 4 aromatic rings. The summed E-state index contributed by atoms with van der Waals surface area (Å²) in [4.78, 5) is 26.0. The van der Waals surface area contributed by atoms with Gasteiger partial charge in [-0.05, 0) is 48.0 Å². The molecule has 0 fully saturated rings. The Morgan fingerprint density at radius 1 is 0.897 bits per heavy atom. The zero-order chi connectivity index (χ0) is 28.2. The number of hydrogen-bond acceptors (Lipinski definition) is 3. The molecule has 0 radical (unpaired) electrons. The van der Waals surface area contributed by atoms with Gasteiger partial charge in [0.1, 0.15) is 11.9 Å². The van der Waals surface area contributed by atoms with Crippen LogP contribution in [0.5, 0.6) is 0 Å². The van der Waals surface area contributed by atoms with E-state index >= 15 is 0 Å². The lowest BCUT2D eigenvalue weighted by Crippen LogP contribution is -2.56. The minimum Gasteiger partial charge on any atom is -0.339 e. The van der Waals surface area contributed by atoms with Crippen LogP contribution in [-0.2, 0) is 18.3 Å². The van der Waals surface area contributed by atoms with E-state index < -0.39 is 9.96 Å². The number of nitrogens with zero attached hydrogens (tertiary/aromatic N) is 2. The lowest BCUT2D eigenvalue weighted by Gasteiger charge is -2.27. The zero-order valence-electron chi connectivity index (χ0n) is 21.1. The third kappa shape index (κ3) is 7.02. The summed E-state index contributed by atoms with van der Waals surface area (Å²) in [5, 5.41) is 8.39. The summed E-state index contributed by atoms with van der Waals surface area (Å²) in [6, 6.07) is 26.8. The molecular weight excluding hydrogens is 577 g/mol. The number of alkyl halides is 3. The largest absolute Gasteiger partial charge is 0.339 e. The van der Waals surface area contributed by atoms with Gasteiger partial charge in [-0.15, -0.1) is 0 Å². The molecule has 3 N–H and O–H groups in total. The standard InChI is InChI=1S/C28H26Cl3N5O2S/c1-18-24(25(38)36(35(18)2)22-11-7-4-8-12-22)33-27(39)34-26(28(29,30)31)32-23(37)17-19-13-15-21(16-14-19)20-9-5-3-6-10-20/h3-16,26H,17H2,1-2H3,(H,32,37)(H2,33,34,39). The van der Waals surface area contributed by atoms with Crippen LogP contribution in [0.25, 0.3) is 16.8 Å². The van der Waals surface area contributed by atoms with E-state index in [1.807, 2.05) is 84.9 Å². The van der Waals surface area contributed by atoms with Crippen LogP contribution in [-0.4, -0.2) is 30.3 Å². The molecule has 1 atom stereocenters. The van der Waals surface area contributed by atoms with E-state index in [4.69, 9.17) is 47.0 Å². The average Bonchev–Trinajstić information content (AvgIpc) is 3.12. The highest BCUT2D eigenvalue weighted by Gasteiger charge is 2.35. The van der Waals surface area contributed by atoms with Gasteiger partial charge >= 0.3 is 0 Å². The summed E-state index contributed by atoms with van der Waals surface area (Å²) < 4.78 is 1.28. The second-order valence-electron chi connectivity index (χ2n) is 8.82. The maximum atomic E-state index is 13.2. The molecule has 1 unspecified atom stereocenters. The summed E-state index contributed by atoms with van der Waals surface area (Å²) in [7, 11) is 1.77. The molecular formula is C28H26Cl3N5O2S. The van der Waals surface area contributed by atoms with Gasteiger partial charge in [0.05, 0.1) is 17.8 Å². The SMILES string of the molecule is Cc1c(NC(=S)NC(NC(=O)Cc2ccc(-c3ccccc3)cc2)C(Cl)(Cl)Cl)c(=O)n(-c2ccccc2)n1C.